The summed E-state index contributed by atoms with van der Waals surface area (Å²) in [5.74, 6) is 0.434. The number of piperidine rings is 1. The maximum Gasteiger partial charge on any atom is 0.244 e. The van der Waals surface area contributed by atoms with E-state index >= 15 is 0 Å². The zero-order valence-electron chi connectivity index (χ0n) is 10.4. The summed E-state index contributed by atoms with van der Waals surface area (Å²) >= 11 is 0. The fourth-order valence-corrected chi connectivity index (χ4v) is 2.53. The average Bonchev–Trinajstić information content (AvgIpc) is 2.60. The van der Waals surface area contributed by atoms with E-state index in [9.17, 15) is 9.59 Å². The lowest BCUT2D eigenvalue weighted by Gasteiger charge is -2.29. The second-order valence-corrected chi connectivity index (χ2v) is 5.16. The summed E-state index contributed by atoms with van der Waals surface area (Å²) in [6.45, 7) is 3.18. The van der Waals surface area contributed by atoms with Gasteiger partial charge >= 0.3 is 0 Å². The van der Waals surface area contributed by atoms with Crippen molar-refractivity contribution in [3.63, 3.8) is 0 Å². The second-order valence-electron chi connectivity index (χ2n) is 5.16. The SMILES string of the molecule is CN1CCC(CCNC2CC(=O)NC2=O)CC1. The number of amides is 2. The number of nitrogens with zero attached hydrogens (tertiary/aromatic N) is 1. The lowest BCUT2D eigenvalue weighted by Crippen LogP contribution is -2.38. The van der Waals surface area contributed by atoms with Crippen molar-refractivity contribution in [2.75, 3.05) is 26.7 Å². The Labute approximate surface area is 102 Å². The molecule has 2 aliphatic rings. The molecule has 0 radical (unpaired) electrons. The highest BCUT2D eigenvalue weighted by atomic mass is 16.2. The Morgan fingerprint density at radius 2 is 2.06 bits per heavy atom. The molecular weight excluding hydrogens is 218 g/mol. The minimum absolute atomic E-state index is 0.160. The molecular formula is C12H21N3O2. The third-order valence-electron chi connectivity index (χ3n) is 3.75. The fourth-order valence-electron chi connectivity index (χ4n) is 2.53. The van der Waals surface area contributed by atoms with E-state index in [0.717, 1.165) is 18.9 Å². The Bertz CT molecular complexity index is 298. The van der Waals surface area contributed by atoms with Gasteiger partial charge in [0.2, 0.25) is 11.8 Å². The van der Waals surface area contributed by atoms with Crippen LogP contribution in [-0.4, -0.2) is 49.4 Å². The first-order chi connectivity index (χ1) is 8.15. The molecule has 2 amide bonds. The van der Waals surface area contributed by atoms with Crippen molar-refractivity contribution in [2.45, 2.75) is 31.7 Å². The molecule has 0 spiro atoms. The highest BCUT2D eigenvalue weighted by Crippen LogP contribution is 2.18. The average molecular weight is 239 g/mol. The topological polar surface area (TPSA) is 61.4 Å². The van der Waals surface area contributed by atoms with Gasteiger partial charge in [0.1, 0.15) is 0 Å². The van der Waals surface area contributed by atoms with Crippen molar-refractivity contribution in [3.8, 4) is 0 Å². The van der Waals surface area contributed by atoms with Gasteiger partial charge in [0.05, 0.1) is 12.5 Å². The van der Waals surface area contributed by atoms with Gasteiger partial charge in [-0.1, -0.05) is 0 Å². The Kier molecular flexibility index (Phi) is 4.12. The molecule has 2 rings (SSSR count). The van der Waals surface area contributed by atoms with Crippen LogP contribution in [0.5, 0.6) is 0 Å². The number of carbonyl (C=O) groups excluding carboxylic acids is 2. The summed E-state index contributed by atoms with van der Waals surface area (Å²) in [4.78, 5) is 24.7. The summed E-state index contributed by atoms with van der Waals surface area (Å²) in [6, 6.07) is -0.297. The Balaban J connectivity index is 1.63. The van der Waals surface area contributed by atoms with Crippen LogP contribution in [0.4, 0.5) is 0 Å². The predicted octanol–water partition coefficient (Wildman–Crippen LogP) is -0.277. The van der Waals surface area contributed by atoms with Gasteiger partial charge in [-0.25, -0.2) is 0 Å². The van der Waals surface area contributed by atoms with Crippen LogP contribution in [0.25, 0.3) is 0 Å². The molecule has 96 valence electrons. The van der Waals surface area contributed by atoms with Gasteiger partial charge in [-0.2, -0.15) is 0 Å². The molecule has 0 aromatic rings. The zero-order valence-corrected chi connectivity index (χ0v) is 10.4. The molecule has 0 aromatic carbocycles. The molecule has 1 unspecified atom stereocenters. The molecule has 0 aliphatic carbocycles. The van der Waals surface area contributed by atoms with Gasteiger partial charge in [0.25, 0.3) is 0 Å². The smallest absolute Gasteiger partial charge is 0.244 e. The van der Waals surface area contributed by atoms with E-state index in [1.165, 1.54) is 25.9 Å². The third-order valence-corrected chi connectivity index (χ3v) is 3.75. The van der Waals surface area contributed by atoms with Gasteiger partial charge in [0.15, 0.2) is 0 Å². The molecule has 1 atom stereocenters. The first kappa shape index (κ1) is 12.5. The number of carbonyl (C=O) groups is 2. The number of likely N-dealkylation sites (tertiary alicyclic amines) is 1. The molecule has 17 heavy (non-hydrogen) atoms. The number of imide groups is 1. The van der Waals surface area contributed by atoms with Crippen LogP contribution in [0, 0.1) is 5.92 Å². The quantitative estimate of drug-likeness (QED) is 0.663. The van der Waals surface area contributed by atoms with E-state index in [-0.39, 0.29) is 17.9 Å². The lowest BCUT2D eigenvalue weighted by molar-refractivity contribution is -0.125. The van der Waals surface area contributed by atoms with E-state index in [1.54, 1.807) is 0 Å². The monoisotopic (exact) mass is 239 g/mol. The molecule has 2 N–H and O–H groups in total. The summed E-state index contributed by atoms with van der Waals surface area (Å²) in [5.41, 5.74) is 0. The number of hydrogen-bond donors (Lipinski definition) is 2. The molecule has 2 saturated heterocycles. The van der Waals surface area contributed by atoms with Crippen LogP contribution >= 0.6 is 0 Å². The molecule has 0 aromatic heterocycles. The maximum atomic E-state index is 11.3. The zero-order chi connectivity index (χ0) is 12.3. The highest BCUT2D eigenvalue weighted by molar-refractivity contribution is 6.05. The normalized spacial score (nSPS) is 27.5. The molecule has 0 bridgehead atoms. The van der Waals surface area contributed by atoms with Gasteiger partial charge in [-0.3, -0.25) is 14.9 Å². The highest BCUT2D eigenvalue weighted by Gasteiger charge is 2.29. The van der Waals surface area contributed by atoms with Crippen molar-refractivity contribution in [1.82, 2.24) is 15.5 Å². The van der Waals surface area contributed by atoms with Crippen molar-refractivity contribution < 1.29 is 9.59 Å². The number of rotatable bonds is 4. The second kappa shape index (κ2) is 5.60. The van der Waals surface area contributed by atoms with E-state index < -0.39 is 0 Å². The Morgan fingerprint density at radius 3 is 2.65 bits per heavy atom. The maximum absolute atomic E-state index is 11.3. The van der Waals surface area contributed by atoms with Gasteiger partial charge in [0, 0.05) is 0 Å². The summed E-state index contributed by atoms with van der Waals surface area (Å²) in [5, 5.41) is 5.49. The molecule has 5 heteroatoms. The fraction of sp³-hybridized carbons (Fsp3) is 0.833. The molecule has 2 aliphatic heterocycles. The number of nitrogens with one attached hydrogen (secondary N) is 2. The van der Waals surface area contributed by atoms with Gasteiger partial charge in [-0.05, 0) is 51.9 Å². The number of hydrogen-bond acceptors (Lipinski definition) is 4. The van der Waals surface area contributed by atoms with Crippen LogP contribution in [0.1, 0.15) is 25.7 Å². The van der Waals surface area contributed by atoms with E-state index in [2.05, 4.69) is 22.6 Å². The lowest BCUT2D eigenvalue weighted by atomic mass is 9.94. The van der Waals surface area contributed by atoms with Crippen LogP contribution < -0.4 is 10.6 Å². The van der Waals surface area contributed by atoms with Gasteiger partial charge in [-0.15, -0.1) is 0 Å². The van der Waals surface area contributed by atoms with Crippen molar-refractivity contribution >= 4 is 11.8 Å². The predicted molar refractivity (Wildman–Crippen MR) is 64.4 cm³/mol. The Morgan fingerprint density at radius 1 is 1.35 bits per heavy atom. The van der Waals surface area contributed by atoms with Crippen LogP contribution in [0.2, 0.25) is 0 Å². The minimum atomic E-state index is -0.297. The Hall–Kier alpha value is -0.940. The molecule has 5 nitrogen and oxygen atoms in total. The first-order valence-electron chi connectivity index (χ1n) is 6.41. The molecule has 2 fully saturated rings. The summed E-state index contributed by atoms with van der Waals surface area (Å²) in [6.07, 6.45) is 3.89. The third kappa shape index (κ3) is 3.51. The van der Waals surface area contributed by atoms with Gasteiger partial charge < -0.3 is 10.2 Å². The van der Waals surface area contributed by atoms with E-state index in [4.69, 9.17) is 0 Å². The van der Waals surface area contributed by atoms with Crippen molar-refractivity contribution in [3.05, 3.63) is 0 Å². The van der Waals surface area contributed by atoms with Crippen molar-refractivity contribution in [2.24, 2.45) is 5.92 Å². The largest absolute Gasteiger partial charge is 0.306 e. The van der Waals surface area contributed by atoms with Crippen LogP contribution in [-0.2, 0) is 9.59 Å². The van der Waals surface area contributed by atoms with Crippen molar-refractivity contribution in [1.29, 1.82) is 0 Å². The van der Waals surface area contributed by atoms with Crippen LogP contribution in [0.15, 0.2) is 0 Å². The molecule has 2 heterocycles. The van der Waals surface area contributed by atoms with Crippen LogP contribution in [0.3, 0.4) is 0 Å². The van der Waals surface area contributed by atoms with E-state index in [1.807, 2.05) is 0 Å². The standard InChI is InChI=1S/C12H21N3O2/c1-15-6-3-9(4-7-15)2-5-13-10-8-11(16)14-12(10)17/h9-10,13H,2-8H2,1H3,(H,14,16,17). The molecule has 0 saturated carbocycles. The summed E-state index contributed by atoms with van der Waals surface area (Å²) < 4.78 is 0. The van der Waals surface area contributed by atoms with E-state index in [0.29, 0.717) is 6.42 Å². The summed E-state index contributed by atoms with van der Waals surface area (Å²) in [7, 11) is 2.16. The minimum Gasteiger partial charge on any atom is -0.306 e. The first-order valence-corrected chi connectivity index (χ1v) is 6.41.